The maximum atomic E-state index is 14.2. The van der Waals surface area contributed by atoms with Crippen LogP contribution in [-0.2, 0) is 12.8 Å². The summed E-state index contributed by atoms with van der Waals surface area (Å²) in [6, 6.07) is 20.1. The van der Waals surface area contributed by atoms with Crippen LogP contribution in [0.25, 0.3) is 0 Å². The Morgan fingerprint density at radius 2 is 1.29 bits per heavy atom. The van der Waals surface area contributed by atoms with Crippen LogP contribution < -0.4 is 0 Å². The number of carboxylic acid groups (broad SMARTS) is 1. The normalized spacial score (nSPS) is 11.0. The monoisotopic (exact) mass is 418 g/mol. The van der Waals surface area contributed by atoms with E-state index in [9.17, 15) is 14.0 Å². The predicted molar refractivity (Wildman–Crippen MR) is 120 cm³/mol. The first-order valence-electron chi connectivity index (χ1n) is 10.5. The highest BCUT2D eigenvalue weighted by Gasteiger charge is 2.22. The smallest absolute Gasteiger partial charge is 0.338 e. The number of aromatic carboxylic acids is 1. The van der Waals surface area contributed by atoms with Crippen molar-refractivity contribution in [3.63, 3.8) is 0 Å². The highest BCUT2D eigenvalue weighted by Crippen LogP contribution is 2.23. The second-order valence-electron chi connectivity index (χ2n) is 8.11. The summed E-state index contributed by atoms with van der Waals surface area (Å²) in [5, 5.41) is 9.04. The maximum Gasteiger partial charge on any atom is 0.338 e. The number of carbonyl (C=O) groups is 2. The summed E-state index contributed by atoms with van der Waals surface area (Å²) in [6.07, 6.45) is 2.80. The number of aryl methyl sites for hydroxylation is 4. The van der Waals surface area contributed by atoms with Gasteiger partial charge < -0.3 is 5.11 Å². The molecule has 0 heterocycles. The molecule has 31 heavy (non-hydrogen) atoms. The van der Waals surface area contributed by atoms with Gasteiger partial charge in [0.1, 0.15) is 5.82 Å². The highest BCUT2D eigenvalue weighted by molar-refractivity contribution is 5.99. The molecule has 0 aliphatic heterocycles. The molecule has 3 nitrogen and oxygen atoms in total. The Labute approximate surface area is 182 Å². The first-order valence-corrected chi connectivity index (χ1v) is 10.5. The number of hydrogen-bond acceptors (Lipinski definition) is 2. The Kier molecular flexibility index (Phi) is 7.35. The van der Waals surface area contributed by atoms with E-state index in [-0.39, 0.29) is 17.3 Å². The molecule has 0 atom stereocenters. The van der Waals surface area contributed by atoms with E-state index in [1.807, 2.05) is 13.8 Å². The zero-order valence-electron chi connectivity index (χ0n) is 17.9. The minimum atomic E-state index is -1.34. The minimum absolute atomic E-state index is 0.143. The van der Waals surface area contributed by atoms with E-state index in [1.165, 1.54) is 23.3 Å². The molecule has 3 rings (SSSR count). The molecule has 0 spiro atoms. The summed E-state index contributed by atoms with van der Waals surface area (Å²) in [5.41, 5.74) is 4.49. The lowest BCUT2D eigenvalue weighted by atomic mass is 9.86. The molecule has 0 amide bonds. The van der Waals surface area contributed by atoms with Crippen molar-refractivity contribution in [3.05, 3.63) is 106 Å². The Balaban J connectivity index is 1.78. The van der Waals surface area contributed by atoms with E-state index >= 15 is 0 Å². The second kappa shape index (κ2) is 10.2. The van der Waals surface area contributed by atoms with Crippen molar-refractivity contribution < 1.29 is 19.1 Å². The molecule has 0 aliphatic carbocycles. The molecule has 4 heteroatoms. The highest BCUT2D eigenvalue weighted by atomic mass is 19.1. The lowest BCUT2D eigenvalue weighted by Crippen LogP contribution is -2.18. The van der Waals surface area contributed by atoms with Gasteiger partial charge in [0.25, 0.3) is 0 Å². The number of Topliss-reactive ketones (excluding diaryl/α,β-unsaturated/α-hetero) is 1. The molecule has 0 radical (unpaired) electrons. The molecule has 0 fully saturated rings. The summed E-state index contributed by atoms with van der Waals surface area (Å²) >= 11 is 0. The Bertz CT molecular complexity index is 1000. The molecular formula is C27H27FO3. The van der Waals surface area contributed by atoms with Crippen LogP contribution in [-0.4, -0.2) is 16.9 Å². The number of benzene rings is 3. The van der Waals surface area contributed by atoms with Crippen molar-refractivity contribution in [2.24, 2.45) is 5.92 Å². The van der Waals surface area contributed by atoms with Crippen LogP contribution in [0.5, 0.6) is 0 Å². The first kappa shape index (κ1) is 22.4. The minimum Gasteiger partial charge on any atom is -0.478 e. The zero-order valence-corrected chi connectivity index (χ0v) is 17.9. The summed E-state index contributed by atoms with van der Waals surface area (Å²) in [5.74, 6) is -2.64. The summed E-state index contributed by atoms with van der Waals surface area (Å²) < 4.78 is 14.2. The zero-order chi connectivity index (χ0) is 22.4. The van der Waals surface area contributed by atoms with Gasteiger partial charge in [-0.25, -0.2) is 9.18 Å². The maximum absolute atomic E-state index is 14.2. The van der Waals surface area contributed by atoms with Crippen LogP contribution in [0.3, 0.4) is 0 Å². The van der Waals surface area contributed by atoms with E-state index in [0.29, 0.717) is 12.8 Å². The fourth-order valence-corrected chi connectivity index (χ4v) is 3.68. The number of ketones is 1. The third kappa shape index (κ3) is 6.11. The van der Waals surface area contributed by atoms with E-state index in [2.05, 4.69) is 48.5 Å². The van der Waals surface area contributed by atoms with Crippen LogP contribution in [0.2, 0.25) is 0 Å². The number of halogens is 1. The largest absolute Gasteiger partial charge is 0.478 e. The second-order valence-corrected chi connectivity index (χ2v) is 8.11. The third-order valence-electron chi connectivity index (χ3n) is 5.66. The molecule has 160 valence electrons. The topological polar surface area (TPSA) is 54.4 Å². The van der Waals surface area contributed by atoms with Crippen LogP contribution in [0.15, 0.2) is 66.7 Å². The number of hydrogen-bond donors (Lipinski definition) is 1. The molecule has 0 saturated carbocycles. The average molecular weight is 419 g/mol. The first-order chi connectivity index (χ1) is 14.8. The van der Waals surface area contributed by atoms with Crippen LogP contribution >= 0.6 is 0 Å². The molecule has 0 saturated heterocycles. The number of carbonyl (C=O) groups excluding carboxylic acids is 1. The van der Waals surface area contributed by atoms with Gasteiger partial charge in [0.2, 0.25) is 0 Å². The van der Waals surface area contributed by atoms with Crippen molar-refractivity contribution in [1.82, 2.24) is 0 Å². The van der Waals surface area contributed by atoms with E-state index < -0.39 is 17.3 Å². The molecule has 1 N–H and O–H groups in total. The number of carboxylic acids is 1. The van der Waals surface area contributed by atoms with Crippen molar-refractivity contribution in [2.75, 3.05) is 0 Å². The van der Waals surface area contributed by atoms with Crippen molar-refractivity contribution >= 4 is 11.8 Å². The summed E-state index contributed by atoms with van der Waals surface area (Å²) in [4.78, 5) is 24.3. The number of rotatable bonds is 9. The van der Waals surface area contributed by atoms with Crippen LogP contribution in [0, 0.1) is 25.6 Å². The lowest BCUT2D eigenvalue weighted by molar-refractivity contribution is 0.0691. The van der Waals surface area contributed by atoms with Gasteiger partial charge in [-0.3, -0.25) is 4.79 Å². The van der Waals surface area contributed by atoms with Crippen molar-refractivity contribution in [3.8, 4) is 0 Å². The molecule has 3 aromatic rings. The van der Waals surface area contributed by atoms with Gasteiger partial charge in [-0.05, 0) is 62.8 Å². The fraction of sp³-hybridized carbons (Fsp3) is 0.259. The Morgan fingerprint density at radius 3 is 1.71 bits per heavy atom. The van der Waals surface area contributed by atoms with Crippen LogP contribution in [0.1, 0.15) is 55.8 Å². The molecular weight excluding hydrogens is 391 g/mol. The predicted octanol–water partition coefficient (Wildman–Crippen LogP) is 6.21. The van der Waals surface area contributed by atoms with Crippen molar-refractivity contribution in [1.29, 1.82) is 0 Å². The molecule has 0 aromatic heterocycles. The summed E-state index contributed by atoms with van der Waals surface area (Å²) in [7, 11) is 0. The van der Waals surface area contributed by atoms with E-state index in [1.54, 1.807) is 0 Å². The van der Waals surface area contributed by atoms with Gasteiger partial charge in [-0.2, -0.15) is 0 Å². The third-order valence-corrected chi connectivity index (χ3v) is 5.66. The average Bonchev–Trinajstić information content (AvgIpc) is 2.75. The van der Waals surface area contributed by atoms with Gasteiger partial charge >= 0.3 is 5.97 Å². The van der Waals surface area contributed by atoms with Gasteiger partial charge in [-0.15, -0.1) is 0 Å². The quantitative estimate of drug-likeness (QED) is 0.421. The van der Waals surface area contributed by atoms with Crippen molar-refractivity contribution in [2.45, 2.75) is 39.5 Å². The van der Waals surface area contributed by atoms with Gasteiger partial charge in [0.15, 0.2) is 5.78 Å². The molecule has 0 bridgehead atoms. The lowest BCUT2D eigenvalue weighted by Gasteiger charge is -2.17. The Hall–Kier alpha value is -3.27. The van der Waals surface area contributed by atoms with E-state index in [0.717, 1.165) is 30.0 Å². The van der Waals surface area contributed by atoms with E-state index in [4.69, 9.17) is 5.11 Å². The SMILES string of the molecule is Cc1ccc(CCC(CCc2ccc(C)cc2)C(=O)c2ccc(C(=O)O)c(F)c2)cc1. The molecule has 0 unspecified atom stereocenters. The van der Waals surface area contributed by atoms with Crippen LogP contribution in [0.4, 0.5) is 4.39 Å². The molecule has 0 aliphatic rings. The van der Waals surface area contributed by atoms with Gasteiger partial charge in [0, 0.05) is 11.5 Å². The molecule has 3 aromatic carbocycles. The van der Waals surface area contributed by atoms with Gasteiger partial charge in [-0.1, -0.05) is 65.7 Å². The summed E-state index contributed by atoms with van der Waals surface area (Å²) in [6.45, 7) is 4.07. The standard InChI is InChI=1S/C27H27FO3/c1-18-3-7-20(8-4-18)11-13-22(14-12-21-9-5-19(2)6-10-21)26(29)23-15-16-24(27(30)31)25(28)17-23/h3-10,15-17,22H,11-14H2,1-2H3,(H,30,31). The van der Waals surface area contributed by atoms with Gasteiger partial charge in [0.05, 0.1) is 5.56 Å². The Morgan fingerprint density at radius 1 is 0.806 bits per heavy atom. The fourth-order valence-electron chi connectivity index (χ4n) is 3.68.